The summed E-state index contributed by atoms with van der Waals surface area (Å²) in [6, 6.07) is 13.2. The van der Waals surface area contributed by atoms with Crippen molar-refractivity contribution in [3.8, 4) is 11.5 Å². The standard InChI is InChI=1S/C20H25NO4S.CH2O2/c1-24-19-6-4-5-18(20(19)25-2)16-11-12-21(14-16)13-15-7-9-17(10-8-15)26(3,22)23;2-1-3/h4-10,16H,11-14H2,1-3H3;1H,(H,2,3). The van der Waals surface area contributed by atoms with Gasteiger partial charge in [0.15, 0.2) is 21.3 Å². The second-order valence-corrected chi connectivity index (χ2v) is 8.84. The van der Waals surface area contributed by atoms with Crippen molar-refractivity contribution in [2.45, 2.75) is 23.8 Å². The maximum atomic E-state index is 11.6. The molecule has 1 fully saturated rings. The molecule has 0 spiro atoms. The first-order chi connectivity index (χ1) is 13.8. The third kappa shape index (κ3) is 5.95. The Morgan fingerprint density at radius 2 is 1.79 bits per heavy atom. The number of methoxy groups -OCH3 is 2. The number of likely N-dealkylation sites (tertiary alicyclic amines) is 1. The molecule has 0 radical (unpaired) electrons. The number of hydrogen-bond acceptors (Lipinski definition) is 6. The maximum absolute atomic E-state index is 11.6. The number of carboxylic acid groups (broad SMARTS) is 1. The van der Waals surface area contributed by atoms with Gasteiger partial charge in [0.2, 0.25) is 0 Å². The van der Waals surface area contributed by atoms with Crippen LogP contribution in [0.2, 0.25) is 0 Å². The first kappa shape index (κ1) is 22.7. The van der Waals surface area contributed by atoms with Crippen LogP contribution in [0.3, 0.4) is 0 Å². The number of benzene rings is 2. The Morgan fingerprint density at radius 3 is 2.34 bits per heavy atom. The molecule has 1 heterocycles. The molecule has 0 aliphatic carbocycles. The fourth-order valence-corrected chi connectivity index (χ4v) is 4.19. The number of rotatable bonds is 6. The third-order valence-corrected chi connectivity index (χ3v) is 6.03. The highest BCUT2D eigenvalue weighted by Crippen LogP contribution is 2.39. The van der Waals surface area contributed by atoms with Gasteiger partial charge in [-0.15, -0.1) is 0 Å². The van der Waals surface area contributed by atoms with Gasteiger partial charge in [-0.3, -0.25) is 9.69 Å². The van der Waals surface area contributed by atoms with Crippen molar-refractivity contribution in [3.63, 3.8) is 0 Å². The molecule has 2 aromatic rings. The van der Waals surface area contributed by atoms with Crippen molar-refractivity contribution in [3.05, 3.63) is 53.6 Å². The van der Waals surface area contributed by atoms with Gasteiger partial charge in [-0.05, 0) is 36.7 Å². The molecule has 0 saturated carbocycles. The molecular weight excluding hydrogens is 394 g/mol. The molecule has 1 N–H and O–H groups in total. The molecular formula is C21H27NO6S. The number of para-hydroxylation sites is 1. The van der Waals surface area contributed by atoms with Crippen LogP contribution in [-0.4, -0.2) is 58.5 Å². The normalized spacial score (nSPS) is 16.6. The lowest BCUT2D eigenvalue weighted by atomic mass is 9.97. The van der Waals surface area contributed by atoms with Gasteiger partial charge in [0.1, 0.15) is 0 Å². The van der Waals surface area contributed by atoms with Crippen LogP contribution in [0.1, 0.15) is 23.5 Å². The smallest absolute Gasteiger partial charge is 0.290 e. The predicted octanol–water partition coefficient (Wildman–Crippen LogP) is 2.80. The summed E-state index contributed by atoms with van der Waals surface area (Å²) in [5.74, 6) is 1.98. The molecule has 1 aliphatic heterocycles. The van der Waals surface area contributed by atoms with Crippen LogP contribution in [0.4, 0.5) is 0 Å². The number of nitrogens with zero attached hydrogens (tertiary/aromatic N) is 1. The van der Waals surface area contributed by atoms with Crippen molar-refractivity contribution < 1.29 is 27.8 Å². The summed E-state index contributed by atoms with van der Waals surface area (Å²) in [6.07, 6.45) is 2.29. The van der Waals surface area contributed by atoms with Crippen LogP contribution in [0, 0.1) is 0 Å². The topological polar surface area (TPSA) is 93.1 Å². The molecule has 29 heavy (non-hydrogen) atoms. The zero-order valence-electron chi connectivity index (χ0n) is 16.9. The van der Waals surface area contributed by atoms with Gasteiger partial charge in [0, 0.05) is 30.8 Å². The highest BCUT2D eigenvalue weighted by atomic mass is 32.2. The minimum absolute atomic E-state index is 0.250. The first-order valence-corrected chi connectivity index (χ1v) is 11.0. The van der Waals surface area contributed by atoms with Gasteiger partial charge < -0.3 is 14.6 Å². The molecule has 1 atom stereocenters. The van der Waals surface area contributed by atoms with Crippen LogP contribution in [0.5, 0.6) is 11.5 Å². The van der Waals surface area contributed by atoms with Crippen molar-refractivity contribution in [2.75, 3.05) is 33.6 Å². The Morgan fingerprint density at radius 1 is 1.14 bits per heavy atom. The quantitative estimate of drug-likeness (QED) is 0.717. The van der Waals surface area contributed by atoms with Crippen molar-refractivity contribution in [1.82, 2.24) is 4.90 Å². The molecule has 0 amide bonds. The third-order valence-electron chi connectivity index (χ3n) is 4.90. The summed E-state index contributed by atoms with van der Waals surface area (Å²) in [6.45, 7) is 2.50. The van der Waals surface area contributed by atoms with Crippen LogP contribution < -0.4 is 9.47 Å². The van der Waals surface area contributed by atoms with Crippen molar-refractivity contribution in [2.24, 2.45) is 0 Å². The number of ether oxygens (including phenoxy) is 2. The molecule has 7 nitrogen and oxygen atoms in total. The summed E-state index contributed by atoms with van der Waals surface area (Å²) >= 11 is 0. The number of hydrogen-bond donors (Lipinski definition) is 1. The minimum Gasteiger partial charge on any atom is -0.493 e. The fourth-order valence-electron chi connectivity index (χ4n) is 3.56. The Labute approximate surface area is 171 Å². The molecule has 0 bridgehead atoms. The lowest BCUT2D eigenvalue weighted by molar-refractivity contribution is -0.122. The van der Waals surface area contributed by atoms with Gasteiger partial charge in [-0.2, -0.15) is 0 Å². The van der Waals surface area contributed by atoms with E-state index in [1.165, 1.54) is 11.8 Å². The van der Waals surface area contributed by atoms with Crippen LogP contribution in [-0.2, 0) is 21.2 Å². The summed E-state index contributed by atoms with van der Waals surface area (Å²) in [4.78, 5) is 11.1. The molecule has 2 aromatic carbocycles. The fraction of sp³-hybridized carbons (Fsp3) is 0.381. The zero-order chi connectivity index (χ0) is 21.4. The van der Waals surface area contributed by atoms with E-state index < -0.39 is 9.84 Å². The monoisotopic (exact) mass is 421 g/mol. The van der Waals surface area contributed by atoms with Gasteiger partial charge in [0.25, 0.3) is 6.47 Å². The van der Waals surface area contributed by atoms with E-state index >= 15 is 0 Å². The second kappa shape index (κ2) is 10.3. The SMILES string of the molecule is COc1cccc(C2CCN(Cc3ccc(S(C)(=O)=O)cc3)C2)c1OC.O=CO. The Hall–Kier alpha value is -2.58. The molecule has 3 rings (SSSR count). The summed E-state index contributed by atoms with van der Waals surface area (Å²) in [5, 5.41) is 6.89. The van der Waals surface area contributed by atoms with E-state index in [0.29, 0.717) is 10.8 Å². The van der Waals surface area contributed by atoms with E-state index in [4.69, 9.17) is 19.4 Å². The molecule has 158 valence electrons. The van der Waals surface area contributed by atoms with E-state index in [0.717, 1.165) is 43.1 Å². The maximum Gasteiger partial charge on any atom is 0.290 e. The van der Waals surface area contributed by atoms with Crippen molar-refractivity contribution in [1.29, 1.82) is 0 Å². The predicted molar refractivity (Wildman–Crippen MR) is 110 cm³/mol. The van der Waals surface area contributed by atoms with Gasteiger partial charge in [-0.25, -0.2) is 8.42 Å². The molecule has 0 aromatic heterocycles. The van der Waals surface area contributed by atoms with Gasteiger partial charge >= 0.3 is 0 Å². The van der Waals surface area contributed by atoms with Gasteiger partial charge in [-0.1, -0.05) is 24.3 Å². The highest BCUT2D eigenvalue weighted by Gasteiger charge is 2.27. The second-order valence-electron chi connectivity index (χ2n) is 6.82. The molecule has 1 saturated heterocycles. The van der Waals surface area contributed by atoms with E-state index in [1.807, 2.05) is 24.3 Å². The summed E-state index contributed by atoms with van der Waals surface area (Å²) in [5.41, 5.74) is 2.30. The average Bonchev–Trinajstić information content (AvgIpc) is 3.16. The van der Waals surface area contributed by atoms with E-state index in [-0.39, 0.29) is 6.47 Å². The van der Waals surface area contributed by atoms with Crippen LogP contribution in [0.25, 0.3) is 0 Å². The van der Waals surface area contributed by atoms with E-state index in [2.05, 4.69) is 11.0 Å². The first-order valence-electron chi connectivity index (χ1n) is 9.14. The Balaban J connectivity index is 0.000000941. The van der Waals surface area contributed by atoms with Crippen molar-refractivity contribution >= 4 is 16.3 Å². The Bertz CT molecular complexity index is 911. The average molecular weight is 422 g/mol. The largest absolute Gasteiger partial charge is 0.493 e. The molecule has 1 unspecified atom stereocenters. The van der Waals surface area contributed by atoms with E-state index in [1.54, 1.807) is 26.4 Å². The van der Waals surface area contributed by atoms with Crippen LogP contribution in [0.15, 0.2) is 47.4 Å². The van der Waals surface area contributed by atoms with Crippen LogP contribution >= 0.6 is 0 Å². The lowest BCUT2D eigenvalue weighted by Gasteiger charge is -2.19. The van der Waals surface area contributed by atoms with E-state index in [9.17, 15) is 8.42 Å². The Kier molecular flexibility index (Phi) is 8.04. The number of carbonyl (C=O) groups is 1. The van der Waals surface area contributed by atoms with Gasteiger partial charge in [0.05, 0.1) is 19.1 Å². The molecule has 1 aliphatic rings. The summed E-state index contributed by atoms with van der Waals surface area (Å²) < 4.78 is 34.1. The minimum atomic E-state index is -3.15. The molecule has 8 heteroatoms. The lowest BCUT2D eigenvalue weighted by Crippen LogP contribution is -2.20. The highest BCUT2D eigenvalue weighted by molar-refractivity contribution is 7.90. The number of sulfone groups is 1. The zero-order valence-corrected chi connectivity index (χ0v) is 17.7. The summed E-state index contributed by atoms with van der Waals surface area (Å²) in [7, 11) is 0.188.